The van der Waals surface area contributed by atoms with E-state index in [1.165, 1.54) is 18.2 Å². The molecule has 0 aliphatic rings. The first kappa shape index (κ1) is 14.9. The van der Waals surface area contributed by atoms with Gasteiger partial charge in [0.15, 0.2) is 0 Å². The molecule has 21 heavy (non-hydrogen) atoms. The van der Waals surface area contributed by atoms with Gasteiger partial charge in [-0.25, -0.2) is 4.98 Å². The molecule has 0 atom stereocenters. The molecule has 6 nitrogen and oxygen atoms in total. The third kappa shape index (κ3) is 4.50. The minimum Gasteiger partial charge on any atom is -0.307 e. The number of aromatic nitrogens is 1. The topological polar surface area (TPSA) is 85.1 Å². The van der Waals surface area contributed by atoms with Crippen molar-refractivity contribution in [3.05, 3.63) is 68.8 Å². The Balaban J connectivity index is 2.00. The minimum absolute atomic E-state index is 0.00920. The lowest BCUT2D eigenvalue weighted by atomic mass is 10.2. The minimum atomic E-state index is -0.473. The number of non-ortho nitro benzene ring substituents is 1. The molecule has 0 aliphatic carbocycles. The third-order valence-electron chi connectivity index (χ3n) is 2.50. The fourth-order valence-electron chi connectivity index (χ4n) is 1.52. The zero-order chi connectivity index (χ0) is 15.2. The fraction of sp³-hybridized carbons (Fsp3) is 0. The molecule has 7 heteroatoms. The Morgan fingerprint density at radius 3 is 2.57 bits per heavy atom. The number of nitro groups is 1. The van der Waals surface area contributed by atoms with Crippen molar-refractivity contribution in [2.45, 2.75) is 0 Å². The maximum Gasteiger partial charge on any atom is 0.269 e. The Morgan fingerprint density at radius 2 is 1.95 bits per heavy atom. The van der Waals surface area contributed by atoms with Gasteiger partial charge in [-0.05, 0) is 51.8 Å². The molecule has 2 rings (SSSR count). The number of carbonyl (C=O) groups excluding carboxylic acids is 1. The molecule has 0 unspecified atom stereocenters. The largest absolute Gasteiger partial charge is 0.307 e. The van der Waals surface area contributed by atoms with Crippen LogP contribution >= 0.6 is 15.9 Å². The van der Waals surface area contributed by atoms with E-state index in [1.54, 1.807) is 36.4 Å². The first-order chi connectivity index (χ1) is 10.0. The molecule has 0 saturated heterocycles. The zero-order valence-electron chi connectivity index (χ0n) is 10.7. The van der Waals surface area contributed by atoms with Crippen LogP contribution in [0, 0.1) is 10.1 Å². The van der Waals surface area contributed by atoms with Crippen LogP contribution in [0.2, 0.25) is 0 Å². The molecular weight excluding hydrogens is 338 g/mol. The molecule has 1 heterocycles. The molecule has 0 radical (unpaired) electrons. The smallest absolute Gasteiger partial charge is 0.269 e. The molecule has 0 saturated carbocycles. The van der Waals surface area contributed by atoms with Crippen molar-refractivity contribution in [2.24, 2.45) is 0 Å². The maximum absolute atomic E-state index is 11.7. The number of rotatable bonds is 4. The van der Waals surface area contributed by atoms with E-state index in [1.807, 2.05) is 0 Å². The lowest BCUT2D eigenvalue weighted by Gasteiger charge is -2.01. The van der Waals surface area contributed by atoms with Crippen molar-refractivity contribution in [3.63, 3.8) is 0 Å². The Morgan fingerprint density at radius 1 is 1.24 bits per heavy atom. The van der Waals surface area contributed by atoms with Gasteiger partial charge in [0.1, 0.15) is 10.4 Å². The molecule has 0 aliphatic heterocycles. The van der Waals surface area contributed by atoms with Crippen LogP contribution in [0.1, 0.15) is 5.56 Å². The number of hydrogen-bond acceptors (Lipinski definition) is 4. The summed E-state index contributed by atoms with van der Waals surface area (Å²) in [5, 5.41) is 13.1. The fourth-order valence-corrected chi connectivity index (χ4v) is 1.87. The number of nitrogens with zero attached hydrogens (tertiary/aromatic N) is 2. The summed E-state index contributed by atoms with van der Waals surface area (Å²) in [6.07, 6.45) is 2.90. The number of carbonyl (C=O) groups is 1. The first-order valence-electron chi connectivity index (χ1n) is 5.91. The number of pyridine rings is 1. The monoisotopic (exact) mass is 347 g/mol. The number of halogens is 1. The molecule has 0 bridgehead atoms. The van der Waals surface area contributed by atoms with E-state index in [2.05, 4.69) is 26.2 Å². The van der Waals surface area contributed by atoms with Gasteiger partial charge in [-0.1, -0.05) is 6.07 Å². The van der Waals surface area contributed by atoms with Crippen molar-refractivity contribution in [1.82, 2.24) is 4.98 Å². The predicted octanol–water partition coefficient (Wildman–Crippen LogP) is 3.40. The highest BCUT2D eigenvalue weighted by Gasteiger charge is 2.03. The second-order valence-electron chi connectivity index (χ2n) is 4.02. The Labute approximate surface area is 128 Å². The highest BCUT2D eigenvalue weighted by atomic mass is 79.9. The molecule has 1 aromatic heterocycles. The summed E-state index contributed by atoms with van der Waals surface area (Å²) in [4.78, 5) is 25.8. The third-order valence-corrected chi connectivity index (χ3v) is 2.94. The summed E-state index contributed by atoms with van der Waals surface area (Å²) in [6, 6.07) is 11.1. The van der Waals surface area contributed by atoms with Crippen LogP contribution in [0.25, 0.3) is 6.08 Å². The van der Waals surface area contributed by atoms with E-state index < -0.39 is 4.92 Å². The van der Waals surface area contributed by atoms with Crippen molar-refractivity contribution in [1.29, 1.82) is 0 Å². The standard InChI is InChI=1S/C14H10BrN3O3/c15-12-2-1-3-13(16-12)17-14(19)9-6-10-4-7-11(8-5-10)18(20)21/h1-9H,(H,16,17,19)/b9-6+. The number of amides is 1. The van der Waals surface area contributed by atoms with E-state index in [0.717, 1.165) is 0 Å². The molecule has 1 aromatic carbocycles. The van der Waals surface area contributed by atoms with E-state index in [4.69, 9.17) is 0 Å². The SMILES string of the molecule is O=C(/C=C/c1ccc([N+](=O)[O-])cc1)Nc1cccc(Br)n1. The summed E-state index contributed by atoms with van der Waals surface area (Å²) in [7, 11) is 0. The second kappa shape index (κ2) is 6.76. The summed E-state index contributed by atoms with van der Waals surface area (Å²) >= 11 is 3.21. The van der Waals surface area contributed by atoms with E-state index in [0.29, 0.717) is 16.0 Å². The quantitative estimate of drug-likeness (QED) is 0.397. The van der Waals surface area contributed by atoms with Gasteiger partial charge in [-0.2, -0.15) is 0 Å². The van der Waals surface area contributed by atoms with Gasteiger partial charge in [-0.3, -0.25) is 14.9 Å². The Bertz CT molecular complexity index is 699. The lowest BCUT2D eigenvalue weighted by molar-refractivity contribution is -0.384. The average Bonchev–Trinajstić information content (AvgIpc) is 2.45. The number of nitrogens with one attached hydrogen (secondary N) is 1. The van der Waals surface area contributed by atoms with Crippen LogP contribution in [0.15, 0.2) is 53.1 Å². The molecule has 0 spiro atoms. The zero-order valence-corrected chi connectivity index (χ0v) is 12.3. The van der Waals surface area contributed by atoms with Crippen LogP contribution in [-0.2, 0) is 4.79 Å². The van der Waals surface area contributed by atoms with Crippen molar-refractivity contribution >= 4 is 39.4 Å². The second-order valence-corrected chi connectivity index (χ2v) is 4.83. The Hall–Kier alpha value is -2.54. The van der Waals surface area contributed by atoms with Gasteiger partial charge in [0, 0.05) is 18.2 Å². The predicted molar refractivity (Wildman–Crippen MR) is 82.7 cm³/mol. The van der Waals surface area contributed by atoms with Gasteiger partial charge in [0.25, 0.3) is 5.69 Å². The van der Waals surface area contributed by atoms with Gasteiger partial charge < -0.3 is 5.32 Å². The van der Waals surface area contributed by atoms with E-state index in [9.17, 15) is 14.9 Å². The van der Waals surface area contributed by atoms with Gasteiger partial charge in [0.2, 0.25) is 5.91 Å². The highest BCUT2D eigenvalue weighted by Crippen LogP contribution is 2.13. The lowest BCUT2D eigenvalue weighted by Crippen LogP contribution is -2.08. The van der Waals surface area contributed by atoms with Gasteiger partial charge in [0.05, 0.1) is 4.92 Å². The molecule has 0 fully saturated rings. The number of hydrogen-bond donors (Lipinski definition) is 1. The van der Waals surface area contributed by atoms with Crippen LogP contribution in [0.5, 0.6) is 0 Å². The molecule has 1 amide bonds. The van der Waals surface area contributed by atoms with Crippen molar-refractivity contribution in [2.75, 3.05) is 5.32 Å². The van der Waals surface area contributed by atoms with Crippen LogP contribution in [0.4, 0.5) is 11.5 Å². The molecule has 106 valence electrons. The van der Waals surface area contributed by atoms with Crippen LogP contribution in [0.3, 0.4) is 0 Å². The summed E-state index contributed by atoms with van der Waals surface area (Å²) in [5.41, 5.74) is 0.702. The van der Waals surface area contributed by atoms with E-state index >= 15 is 0 Å². The van der Waals surface area contributed by atoms with Crippen LogP contribution in [-0.4, -0.2) is 15.8 Å². The normalized spacial score (nSPS) is 10.5. The number of anilines is 1. The van der Waals surface area contributed by atoms with Crippen molar-refractivity contribution < 1.29 is 9.72 Å². The number of benzene rings is 1. The highest BCUT2D eigenvalue weighted by molar-refractivity contribution is 9.10. The molecule has 1 N–H and O–H groups in total. The number of nitro benzene ring substituents is 1. The van der Waals surface area contributed by atoms with E-state index in [-0.39, 0.29) is 11.6 Å². The summed E-state index contributed by atoms with van der Waals surface area (Å²) in [6.45, 7) is 0. The van der Waals surface area contributed by atoms with Crippen molar-refractivity contribution in [3.8, 4) is 0 Å². The van der Waals surface area contributed by atoms with Gasteiger partial charge >= 0.3 is 0 Å². The summed E-state index contributed by atoms with van der Waals surface area (Å²) < 4.78 is 0.625. The first-order valence-corrected chi connectivity index (χ1v) is 6.70. The Kier molecular flexibility index (Phi) is 4.78. The van der Waals surface area contributed by atoms with Gasteiger partial charge in [-0.15, -0.1) is 0 Å². The summed E-state index contributed by atoms with van der Waals surface area (Å²) in [5.74, 6) is 0.0988. The molecular formula is C14H10BrN3O3. The average molecular weight is 348 g/mol. The molecule has 2 aromatic rings. The van der Waals surface area contributed by atoms with Crippen LogP contribution < -0.4 is 5.32 Å². The maximum atomic E-state index is 11.7.